The van der Waals surface area contributed by atoms with Crippen molar-refractivity contribution in [1.82, 2.24) is 0 Å². The highest BCUT2D eigenvalue weighted by molar-refractivity contribution is 7.92. The number of benzene rings is 4. The van der Waals surface area contributed by atoms with Gasteiger partial charge in [0.25, 0.3) is 0 Å². The zero-order valence-electron chi connectivity index (χ0n) is 20.0. The third-order valence-corrected chi connectivity index (χ3v) is 9.33. The van der Waals surface area contributed by atoms with Gasteiger partial charge in [-0.15, -0.1) is 0 Å². The summed E-state index contributed by atoms with van der Waals surface area (Å²) in [7, 11) is -4.13. The predicted molar refractivity (Wildman–Crippen MR) is 158 cm³/mol. The molecule has 0 aliphatic carbocycles. The fourth-order valence-corrected chi connectivity index (χ4v) is 6.87. The topological polar surface area (TPSA) is 34.1 Å². The Labute approximate surface area is 246 Å². The molecule has 0 fully saturated rings. The average molecular weight is 624 g/mol. The average Bonchev–Trinajstić information content (AvgIpc) is 2.88. The Morgan fingerprint density at radius 2 is 0.923 bits per heavy atom. The number of sulfone groups is 1. The lowest BCUT2D eigenvalue weighted by atomic mass is 10.1. The quantitative estimate of drug-likeness (QED) is 0.196. The van der Waals surface area contributed by atoms with Crippen molar-refractivity contribution in [3.63, 3.8) is 0 Å². The van der Waals surface area contributed by atoms with E-state index < -0.39 is 32.0 Å². The Kier molecular flexibility index (Phi) is 9.52. The van der Waals surface area contributed by atoms with E-state index in [4.69, 9.17) is 46.4 Å². The number of hydrogen-bond acceptors (Lipinski definition) is 2. The Balaban J connectivity index is 1.85. The van der Waals surface area contributed by atoms with Gasteiger partial charge in [0.1, 0.15) is 22.1 Å². The van der Waals surface area contributed by atoms with Crippen LogP contribution < -0.4 is 0 Å². The first kappa shape index (κ1) is 29.3. The largest absolute Gasteiger partial charge is 0.227 e. The van der Waals surface area contributed by atoms with Crippen molar-refractivity contribution in [2.24, 2.45) is 0 Å². The molecule has 0 N–H and O–H groups in total. The van der Waals surface area contributed by atoms with Crippen LogP contribution in [0.5, 0.6) is 0 Å². The minimum atomic E-state index is -4.13. The molecule has 0 saturated carbocycles. The predicted octanol–water partition coefficient (Wildman–Crippen LogP) is 10.2. The molecule has 0 radical (unpaired) electrons. The van der Waals surface area contributed by atoms with Gasteiger partial charge in [-0.2, -0.15) is 0 Å². The molecule has 200 valence electrons. The molecule has 0 bridgehead atoms. The molecule has 0 aliphatic heterocycles. The molecule has 2 unspecified atom stereocenters. The van der Waals surface area contributed by atoms with E-state index in [2.05, 4.69) is 0 Å². The molecule has 0 spiro atoms. The minimum Gasteiger partial charge on any atom is -0.227 e. The van der Waals surface area contributed by atoms with Crippen molar-refractivity contribution in [3.05, 3.63) is 151 Å². The maximum atomic E-state index is 14.3. The van der Waals surface area contributed by atoms with Gasteiger partial charge < -0.3 is 0 Å². The summed E-state index contributed by atoms with van der Waals surface area (Å²) in [4.78, 5) is 0. The van der Waals surface area contributed by atoms with Gasteiger partial charge in [0.2, 0.25) is 0 Å². The zero-order chi connectivity index (χ0) is 28.2. The smallest absolute Gasteiger partial charge is 0.171 e. The van der Waals surface area contributed by atoms with E-state index in [0.29, 0.717) is 42.3 Å². The molecular weight excluding hydrogens is 604 g/mol. The van der Waals surface area contributed by atoms with Crippen LogP contribution in [0.25, 0.3) is 12.2 Å². The highest BCUT2D eigenvalue weighted by Gasteiger charge is 2.33. The Morgan fingerprint density at radius 1 is 0.564 bits per heavy atom. The summed E-state index contributed by atoms with van der Waals surface area (Å²) < 4.78 is 56.2. The van der Waals surface area contributed by atoms with Crippen molar-refractivity contribution in [2.45, 2.75) is 10.5 Å². The van der Waals surface area contributed by atoms with E-state index in [1.807, 2.05) is 0 Å². The Morgan fingerprint density at radius 3 is 1.26 bits per heavy atom. The third-order valence-electron chi connectivity index (χ3n) is 5.93. The summed E-state index contributed by atoms with van der Waals surface area (Å²) in [5.41, 5.74) is 1.76. The number of hydrogen-bond donors (Lipinski definition) is 0. The first-order chi connectivity index (χ1) is 18.5. The molecule has 0 amide bonds. The van der Waals surface area contributed by atoms with E-state index in [0.717, 1.165) is 0 Å². The Hall–Kier alpha value is -2.67. The molecule has 0 saturated heterocycles. The van der Waals surface area contributed by atoms with E-state index in [1.165, 1.54) is 60.7 Å². The number of halogens is 6. The molecule has 4 rings (SSSR count). The summed E-state index contributed by atoms with van der Waals surface area (Å²) in [5, 5.41) is -0.900. The van der Waals surface area contributed by atoms with Crippen LogP contribution in [0.3, 0.4) is 0 Å². The normalized spacial score (nSPS) is 13.7. The van der Waals surface area contributed by atoms with E-state index in [-0.39, 0.29) is 0 Å². The molecule has 2 atom stereocenters. The molecule has 4 aromatic carbocycles. The molecule has 0 aliphatic rings. The zero-order valence-corrected chi connectivity index (χ0v) is 23.9. The van der Waals surface area contributed by atoms with Crippen LogP contribution in [0.1, 0.15) is 32.8 Å². The van der Waals surface area contributed by atoms with E-state index >= 15 is 0 Å². The first-order valence-electron chi connectivity index (χ1n) is 11.5. The van der Waals surface area contributed by atoms with Crippen molar-refractivity contribution in [1.29, 1.82) is 0 Å². The number of rotatable bonds is 8. The lowest BCUT2D eigenvalue weighted by Crippen LogP contribution is -2.19. The highest BCUT2D eigenvalue weighted by Crippen LogP contribution is 2.38. The van der Waals surface area contributed by atoms with Crippen LogP contribution >= 0.6 is 46.4 Å². The van der Waals surface area contributed by atoms with Crippen molar-refractivity contribution >= 4 is 68.4 Å². The van der Waals surface area contributed by atoms with Crippen molar-refractivity contribution < 1.29 is 17.2 Å². The fraction of sp³-hybridized carbons (Fsp3) is 0.0667. The lowest BCUT2D eigenvalue weighted by Gasteiger charge is -2.22. The summed E-state index contributed by atoms with van der Waals surface area (Å²) >= 11 is 24.6. The third kappa shape index (κ3) is 7.30. The van der Waals surface area contributed by atoms with Crippen LogP contribution in [0.4, 0.5) is 8.78 Å². The van der Waals surface area contributed by atoms with Crippen LogP contribution in [0, 0.1) is 11.6 Å². The molecule has 0 heterocycles. The van der Waals surface area contributed by atoms with Gasteiger partial charge in [-0.05, 0) is 70.8 Å². The molecule has 39 heavy (non-hydrogen) atoms. The van der Waals surface area contributed by atoms with Crippen LogP contribution in [-0.4, -0.2) is 8.42 Å². The van der Waals surface area contributed by atoms with Gasteiger partial charge in [0.05, 0.1) is 0 Å². The second-order valence-corrected chi connectivity index (χ2v) is 12.5. The molecule has 0 aromatic heterocycles. The SMILES string of the molecule is O=S(=O)(C(C=Cc1ccc(Cl)cc1Cl)c1ccc(F)cc1)C(C=Cc1ccc(Cl)cc1Cl)c1ccc(F)cc1. The van der Waals surface area contributed by atoms with Crippen molar-refractivity contribution in [2.75, 3.05) is 0 Å². The lowest BCUT2D eigenvalue weighted by molar-refractivity contribution is 0.583. The van der Waals surface area contributed by atoms with Crippen LogP contribution in [0.2, 0.25) is 20.1 Å². The fourth-order valence-electron chi connectivity index (χ4n) is 3.94. The van der Waals surface area contributed by atoms with Gasteiger partial charge >= 0.3 is 0 Å². The van der Waals surface area contributed by atoms with Crippen LogP contribution in [0.15, 0.2) is 97.1 Å². The van der Waals surface area contributed by atoms with Crippen LogP contribution in [-0.2, 0) is 9.84 Å². The molecule has 9 heteroatoms. The van der Waals surface area contributed by atoms with Gasteiger partial charge in [-0.1, -0.05) is 107 Å². The van der Waals surface area contributed by atoms with Crippen molar-refractivity contribution in [3.8, 4) is 0 Å². The highest BCUT2D eigenvalue weighted by atomic mass is 35.5. The maximum Gasteiger partial charge on any atom is 0.171 e. The molecule has 4 aromatic rings. The summed E-state index contributed by atoms with van der Waals surface area (Å²) in [6, 6.07) is 20.1. The summed E-state index contributed by atoms with van der Waals surface area (Å²) in [6.45, 7) is 0. The van der Waals surface area contributed by atoms with Gasteiger partial charge in [-0.3, -0.25) is 0 Å². The van der Waals surface area contributed by atoms with E-state index in [1.54, 1.807) is 48.6 Å². The second kappa shape index (κ2) is 12.7. The standard InChI is InChI=1S/C30H20Cl4F2O2S/c31-23-9-1-19(27(33)17-23)7-15-29(21-3-11-25(35)12-4-21)39(37,38)30(22-5-13-26(36)14-6-22)16-8-20-2-10-24(32)18-28(20)34/h1-18,29-30H. The molecule has 2 nitrogen and oxygen atoms in total. The van der Waals surface area contributed by atoms with Gasteiger partial charge in [-0.25, -0.2) is 17.2 Å². The van der Waals surface area contributed by atoms with Gasteiger partial charge in [0.15, 0.2) is 9.84 Å². The summed E-state index contributed by atoms with van der Waals surface area (Å²) in [5.74, 6) is -1.01. The van der Waals surface area contributed by atoms with E-state index in [9.17, 15) is 17.2 Å². The first-order valence-corrected chi connectivity index (χ1v) is 14.7. The maximum absolute atomic E-state index is 14.3. The Bertz CT molecular complexity index is 1520. The molecular formula is C30H20Cl4F2O2S. The summed E-state index contributed by atoms with van der Waals surface area (Å²) in [6.07, 6.45) is 6.12. The second-order valence-electron chi connectivity index (χ2n) is 8.58. The monoisotopic (exact) mass is 622 g/mol. The van der Waals surface area contributed by atoms with Gasteiger partial charge in [0, 0.05) is 20.1 Å². The minimum absolute atomic E-state index is 0.335.